The van der Waals surface area contributed by atoms with Crippen LogP contribution in [0.2, 0.25) is 5.15 Å². The molecule has 1 heterocycles. The molecule has 2 rings (SSSR count). The zero-order chi connectivity index (χ0) is 13.0. The summed E-state index contributed by atoms with van der Waals surface area (Å²) in [5.74, 6) is 0. The minimum Gasteiger partial charge on any atom is -0.377 e. The minimum atomic E-state index is 0.299. The van der Waals surface area contributed by atoms with Gasteiger partial charge in [-0.2, -0.15) is 0 Å². The van der Waals surface area contributed by atoms with E-state index < -0.39 is 0 Å². The summed E-state index contributed by atoms with van der Waals surface area (Å²) in [6, 6.07) is 14.5. The summed E-state index contributed by atoms with van der Waals surface area (Å²) in [4.78, 5) is 4.26. The van der Waals surface area contributed by atoms with Gasteiger partial charge in [0.2, 0.25) is 0 Å². The summed E-state index contributed by atoms with van der Waals surface area (Å²) in [5, 5.41) is 4.05. The standard InChI is InChI=1S/C15H17ClN2/c1-3-13(12-7-5-4-6-8-12)18-14-9-10-15(16)17-11(14)2/h4-10,13,18H,3H2,1-2H3. The maximum Gasteiger partial charge on any atom is 0.129 e. The highest BCUT2D eigenvalue weighted by Gasteiger charge is 2.10. The molecule has 18 heavy (non-hydrogen) atoms. The van der Waals surface area contributed by atoms with Crippen LogP contribution >= 0.6 is 11.6 Å². The molecule has 0 aliphatic carbocycles. The minimum absolute atomic E-state index is 0.299. The Morgan fingerprint density at radius 3 is 2.50 bits per heavy atom. The number of pyridine rings is 1. The van der Waals surface area contributed by atoms with Gasteiger partial charge in [0.15, 0.2) is 0 Å². The van der Waals surface area contributed by atoms with Gasteiger partial charge in [-0.05, 0) is 31.0 Å². The number of hydrogen-bond donors (Lipinski definition) is 1. The molecule has 2 aromatic rings. The zero-order valence-electron chi connectivity index (χ0n) is 10.7. The van der Waals surface area contributed by atoms with Crippen molar-refractivity contribution in [2.24, 2.45) is 0 Å². The Morgan fingerprint density at radius 2 is 1.89 bits per heavy atom. The first kappa shape index (κ1) is 12.9. The fraction of sp³-hybridized carbons (Fsp3) is 0.267. The summed E-state index contributed by atoms with van der Waals surface area (Å²) in [6.07, 6.45) is 1.02. The second-order valence-corrected chi connectivity index (χ2v) is 4.67. The molecule has 0 saturated heterocycles. The summed E-state index contributed by atoms with van der Waals surface area (Å²) >= 11 is 5.87. The first-order valence-corrected chi connectivity index (χ1v) is 6.53. The van der Waals surface area contributed by atoms with Gasteiger partial charge in [0.1, 0.15) is 5.15 Å². The van der Waals surface area contributed by atoms with Gasteiger partial charge >= 0.3 is 0 Å². The maximum atomic E-state index is 5.87. The molecule has 0 saturated carbocycles. The highest BCUT2D eigenvalue weighted by Crippen LogP contribution is 2.24. The molecule has 3 heteroatoms. The molecule has 1 aromatic heterocycles. The van der Waals surface area contributed by atoms with Crippen LogP contribution in [0.5, 0.6) is 0 Å². The molecule has 0 aliphatic heterocycles. The first-order chi connectivity index (χ1) is 8.70. The molecule has 1 aromatic carbocycles. The van der Waals surface area contributed by atoms with E-state index in [0.717, 1.165) is 17.8 Å². The molecule has 1 atom stereocenters. The van der Waals surface area contributed by atoms with E-state index in [2.05, 4.69) is 41.5 Å². The third-order valence-electron chi connectivity index (χ3n) is 2.99. The molecule has 1 N–H and O–H groups in total. The SMILES string of the molecule is CCC(Nc1ccc(Cl)nc1C)c1ccccc1. The van der Waals surface area contributed by atoms with E-state index in [0.29, 0.717) is 11.2 Å². The number of halogens is 1. The van der Waals surface area contributed by atoms with Crippen LogP contribution in [-0.2, 0) is 0 Å². The fourth-order valence-corrected chi connectivity index (χ4v) is 2.17. The van der Waals surface area contributed by atoms with Crippen molar-refractivity contribution >= 4 is 17.3 Å². The van der Waals surface area contributed by atoms with E-state index in [1.807, 2.05) is 25.1 Å². The van der Waals surface area contributed by atoms with Gasteiger partial charge < -0.3 is 5.32 Å². The van der Waals surface area contributed by atoms with Gasteiger partial charge in [0.25, 0.3) is 0 Å². The molecule has 0 aliphatic rings. The number of nitrogens with zero attached hydrogens (tertiary/aromatic N) is 1. The van der Waals surface area contributed by atoms with Crippen molar-refractivity contribution in [3.05, 3.63) is 58.9 Å². The van der Waals surface area contributed by atoms with E-state index in [1.165, 1.54) is 5.56 Å². The van der Waals surface area contributed by atoms with Gasteiger partial charge in [0.05, 0.1) is 17.4 Å². The maximum absolute atomic E-state index is 5.87. The lowest BCUT2D eigenvalue weighted by Crippen LogP contribution is -2.10. The number of aromatic nitrogens is 1. The van der Waals surface area contributed by atoms with E-state index in [-0.39, 0.29) is 0 Å². The Hall–Kier alpha value is -1.54. The Balaban J connectivity index is 2.21. The van der Waals surface area contributed by atoms with Gasteiger partial charge in [-0.1, -0.05) is 48.9 Å². The monoisotopic (exact) mass is 260 g/mol. The Labute approximate surface area is 113 Å². The lowest BCUT2D eigenvalue weighted by Gasteiger charge is -2.19. The highest BCUT2D eigenvalue weighted by atomic mass is 35.5. The predicted octanol–water partition coefficient (Wildman–Crippen LogP) is 4.61. The number of anilines is 1. The number of rotatable bonds is 4. The van der Waals surface area contributed by atoms with Crippen molar-refractivity contribution in [2.45, 2.75) is 26.3 Å². The molecule has 2 nitrogen and oxygen atoms in total. The summed E-state index contributed by atoms with van der Waals surface area (Å²) in [6.45, 7) is 4.13. The average molecular weight is 261 g/mol. The van der Waals surface area contributed by atoms with Crippen LogP contribution in [0.3, 0.4) is 0 Å². The van der Waals surface area contributed by atoms with Gasteiger partial charge in [0, 0.05) is 0 Å². The van der Waals surface area contributed by atoms with E-state index in [1.54, 1.807) is 0 Å². The summed E-state index contributed by atoms with van der Waals surface area (Å²) < 4.78 is 0. The third kappa shape index (κ3) is 3.02. The molecular weight excluding hydrogens is 244 g/mol. The van der Waals surface area contributed by atoms with Crippen LogP contribution in [-0.4, -0.2) is 4.98 Å². The topological polar surface area (TPSA) is 24.9 Å². The largest absolute Gasteiger partial charge is 0.377 e. The average Bonchev–Trinajstić information content (AvgIpc) is 2.39. The molecule has 0 amide bonds. The van der Waals surface area contributed by atoms with Gasteiger partial charge in [-0.3, -0.25) is 0 Å². The first-order valence-electron chi connectivity index (χ1n) is 6.15. The second-order valence-electron chi connectivity index (χ2n) is 4.28. The molecule has 1 unspecified atom stereocenters. The lowest BCUT2D eigenvalue weighted by atomic mass is 10.0. The smallest absolute Gasteiger partial charge is 0.129 e. The molecule has 94 valence electrons. The Kier molecular flexibility index (Phi) is 4.21. The van der Waals surface area contributed by atoms with Crippen LogP contribution in [0.1, 0.15) is 30.6 Å². The van der Waals surface area contributed by atoms with E-state index in [4.69, 9.17) is 11.6 Å². The number of aryl methyl sites for hydroxylation is 1. The van der Waals surface area contributed by atoms with E-state index >= 15 is 0 Å². The fourth-order valence-electron chi connectivity index (χ4n) is 1.98. The Bertz CT molecular complexity index is 511. The van der Waals surface area contributed by atoms with Crippen LogP contribution in [0.25, 0.3) is 0 Å². The van der Waals surface area contributed by atoms with Crippen LogP contribution in [0.4, 0.5) is 5.69 Å². The lowest BCUT2D eigenvalue weighted by molar-refractivity contribution is 0.747. The quantitative estimate of drug-likeness (QED) is 0.813. The Morgan fingerprint density at radius 1 is 1.17 bits per heavy atom. The molecule has 0 spiro atoms. The molecular formula is C15H17ClN2. The molecule has 0 radical (unpaired) electrons. The van der Waals surface area contributed by atoms with Gasteiger partial charge in [-0.25, -0.2) is 4.98 Å². The summed E-state index contributed by atoms with van der Waals surface area (Å²) in [7, 11) is 0. The van der Waals surface area contributed by atoms with Crippen LogP contribution < -0.4 is 5.32 Å². The highest BCUT2D eigenvalue weighted by molar-refractivity contribution is 6.29. The zero-order valence-corrected chi connectivity index (χ0v) is 11.4. The number of nitrogens with one attached hydrogen (secondary N) is 1. The summed E-state index contributed by atoms with van der Waals surface area (Å²) in [5.41, 5.74) is 3.25. The molecule has 0 fully saturated rings. The third-order valence-corrected chi connectivity index (χ3v) is 3.20. The van der Waals surface area contributed by atoms with E-state index in [9.17, 15) is 0 Å². The predicted molar refractivity (Wildman–Crippen MR) is 77.1 cm³/mol. The van der Waals surface area contributed by atoms with Crippen molar-refractivity contribution in [3.8, 4) is 0 Å². The van der Waals surface area contributed by atoms with Gasteiger partial charge in [-0.15, -0.1) is 0 Å². The van der Waals surface area contributed by atoms with Crippen molar-refractivity contribution in [1.82, 2.24) is 4.98 Å². The second kappa shape index (κ2) is 5.87. The normalized spacial score (nSPS) is 12.2. The number of hydrogen-bond acceptors (Lipinski definition) is 2. The van der Waals surface area contributed by atoms with Crippen LogP contribution in [0, 0.1) is 6.92 Å². The van der Waals surface area contributed by atoms with Crippen molar-refractivity contribution in [3.63, 3.8) is 0 Å². The van der Waals surface area contributed by atoms with Crippen molar-refractivity contribution in [2.75, 3.05) is 5.32 Å². The molecule has 0 bridgehead atoms. The van der Waals surface area contributed by atoms with Crippen molar-refractivity contribution < 1.29 is 0 Å². The number of benzene rings is 1. The van der Waals surface area contributed by atoms with Crippen LogP contribution in [0.15, 0.2) is 42.5 Å². The van der Waals surface area contributed by atoms with Crippen molar-refractivity contribution in [1.29, 1.82) is 0 Å².